The predicted octanol–water partition coefficient (Wildman–Crippen LogP) is 4.35. The molecule has 0 rings (SSSR count). The van der Waals surface area contributed by atoms with Gasteiger partial charge in [0.15, 0.2) is 6.61 Å². The van der Waals surface area contributed by atoms with Crippen molar-refractivity contribution in [2.45, 2.75) is 49.3 Å². The summed E-state index contributed by atoms with van der Waals surface area (Å²) in [6, 6.07) is 0. The van der Waals surface area contributed by atoms with E-state index in [-0.39, 0.29) is 0 Å². The van der Waals surface area contributed by atoms with E-state index in [0.717, 1.165) is 0 Å². The minimum atomic E-state index is -6.59. The third kappa shape index (κ3) is 6.62. The summed E-state index contributed by atoms with van der Waals surface area (Å²) in [6.45, 7) is -2.75. The molecule has 166 valence electrons. The summed E-state index contributed by atoms with van der Waals surface area (Å²) in [5.41, 5.74) is 0. The van der Waals surface area contributed by atoms with E-state index in [0.29, 0.717) is 0 Å². The van der Waals surface area contributed by atoms with E-state index in [1.54, 1.807) is 0 Å². The minimum Gasteiger partial charge on any atom is -0.459 e. The van der Waals surface area contributed by atoms with Gasteiger partial charge in [-0.1, -0.05) is 15.9 Å². The summed E-state index contributed by atoms with van der Waals surface area (Å²) >= 11 is 2.39. The summed E-state index contributed by atoms with van der Waals surface area (Å²) in [6.07, 6.45) is -15.1. The highest BCUT2D eigenvalue weighted by molar-refractivity contribution is 9.09. The Morgan fingerprint density at radius 2 is 1.32 bits per heavy atom. The summed E-state index contributed by atoms with van der Waals surface area (Å²) in [4.78, 5) is 22.2. The Hall–Kier alpha value is -1.35. The highest BCUT2D eigenvalue weighted by atomic mass is 79.9. The van der Waals surface area contributed by atoms with Crippen LogP contribution in [0.1, 0.15) is 12.8 Å². The molecular weight excluding hydrogens is 497 g/mol. The first-order valence-corrected chi connectivity index (χ1v) is 7.91. The van der Waals surface area contributed by atoms with E-state index in [4.69, 9.17) is 0 Å². The maximum Gasteiger partial charge on any atom is 0.426 e. The van der Waals surface area contributed by atoms with Crippen molar-refractivity contribution in [3.63, 3.8) is 0 Å². The van der Waals surface area contributed by atoms with Crippen molar-refractivity contribution in [3.8, 4) is 0 Å². The molecule has 0 aliphatic heterocycles. The van der Waals surface area contributed by atoms with Crippen LogP contribution < -0.4 is 0 Å². The monoisotopic (exact) mass is 506 g/mol. The molecule has 4 nitrogen and oxygen atoms in total. The number of esters is 2. The van der Waals surface area contributed by atoms with E-state index in [1.807, 2.05) is 0 Å². The van der Waals surface area contributed by atoms with Crippen molar-refractivity contribution in [1.82, 2.24) is 0 Å². The van der Waals surface area contributed by atoms with Crippen molar-refractivity contribution in [1.29, 1.82) is 0 Å². The van der Waals surface area contributed by atoms with Gasteiger partial charge in [0.05, 0.1) is 12.8 Å². The molecule has 0 radical (unpaired) electrons. The van der Waals surface area contributed by atoms with Crippen LogP contribution in [0.2, 0.25) is 0 Å². The van der Waals surface area contributed by atoms with Gasteiger partial charge in [0.1, 0.15) is 0 Å². The van der Waals surface area contributed by atoms with Gasteiger partial charge in [0, 0.05) is 5.33 Å². The average molecular weight is 507 g/mol. The van der Waals surface area contributed by atoms with E-state index in [9.17, 15) is 57.9 Å². The van der Waals surface area contributed by atoms with Gasteiger partial charge >= 0.3 is 42.3 Å². The first-order valence-electron chi connectivity index (χ1n) is 6.79. The fraction of sp³-hybridized carbons (Fsp3) is 0.833. The summed E-state index contributed by atoms with van der Waals surface area (Å²) in [7, 11) is 0. The second-order valence-electron chi connectivity index (χ2n) is 5.04. The van der Waals surface area contributed by atoms with E-state index >= 15 is 0 Å². The summed E-state index contributed by atoms with van der Waals surface area (Å²) in [5.74, 6) is -22.5. The largest absolute Gasteiger partial charge is 0.459 e. The molecule has 1 unspecified atom stereocenters. The third-order valence-corrected chi connectivity index (χ3v) is 3.47. The second kappa shape index (κ2) is 9.43. The third-order valence-electron chi connectivity index (χ3n) is 2.88. The molecular formula is C12H10BrF11O4. The molecule has 0 fully saturated rings. The topological polar surface area (TPSA) is 52.6 Å². The van der Waals surface area contributed by atoms with Crippen molar-refractivity contribution in [2.24, 2.45) is 0 Å². The molecule has 0 aliphatic rings. The van der Waals surface area contributed by atoms with Crippen LogP contribution in [0.15, 0.2) is 0 Å². The zero-order chi connectivity index (χ0) is 22.6. The molecule has 0 heterocycles. The standard InChI is InChI=1S/C12H10BrF11O4/c13-3-5(11(20,21)22)28-7(26)2-1-6(25)27-4-9(16,17)12(23,24)10(18,19)8(14)15/h5,8H,1-4H2. The number of carbonyl (C=O) groups is 2. The number of hydrogen-bond acceptors (Lipinski definition) is 4. The van der Waals surface area contributed by atoms with Gasteiger partial charge in [-0.15, -0.1) is 0 Å². The Morgan fingerprint density at radius 1 is 0.857 bits per heavy atom. The lowest BCUT2D eigenvalue weighted by atomic mass is 10.1. The van der Waals surface area contributed by atoms with Crippen LogP contribution in [0.4, 0.5) is 48.3 Å². The van der Waals surface area contributed by atoms with Crippen LogP contribution in [-0.2, 0) is 19.1 Å². The van der Waals surface area contributed by atoms with Crippen molar-refractivity contribution < 1.29 is 67.4 Å². The van der Waals surface area contributed by atoms with E-state index < -0.39 is 73.2 Å². The number of carbonyl (C=O) groups excluding carboxylic acids is 2. The predicted molar refractivity (Wildman–Crippen MR) is 70.8 cm³/mol. The van der Waals surface area contributed by atoms with Crippen LogP contribution in [0.25, 0.3) is 0 Å². The molecule has 1 atom stereocenters. The van der Waals surface area contributed by atoms with Crippen molar-refractivity contribution in [3.05, 3.63) is 0 Å². The van der Waals surface area contributed by atoms with Gasteiger partial charge < -0.3 is 9.47 Å². The molecule has 0 amide bonds. The smallest absolute Gasteiger partial charge is 0.426 e. The highest BCUT2D eigenvalue weighted by Crippen LogP contribution is 2.48. The molecule has 28 heavy (non-hydrogen) atoms. The maximum atomic E-state index is 13.1. The summed E-state index contributed by atoms with van der Waals surface area (Å²) < 4.78 is 145. The van der Waals surface area contributed by atoms with Crippen LogP contribution in [0, 0.1) is 0 Å². The summed E-state index contributed by atoms with van der Waals surface area (Å²) in [5, 5.41) is -0.869. The first-order chi connectivity index (χ1) is 12.4. The van der Waals surface area contributed by atoms with Gasteiger partial charge in [-0.3, -0.25) is 9.59 Å². The molecule has 0 saturated carbocycles. The molecule has 0 aromatic heterocycles. The number of alkyl halides is 12. The zero-order valence-corrected chi connectivity index (χ0v) is 14.7. The van der Waals surface area contributed by atoms with Crippen LogP contribution in [0.5, 0.6) is 0 Å². The molecule has 0 saturated heterocycles. The Bertz CT molecular complexity index is 550. The minimum absolute atomic E-state index is 0.869. The molecule has 16 heteroatoms. The van der Waals surface area contributed by atoms with Crippen LogP contribution in [-0.4, -0.2) is 60.3 Å². The zero-order valence-electron chi connectivity index (χ0n) is 13.2. The lowest BCUT2D eigenvalue weighted by Gasteiger charge is -2.31. The number of halogens is 12. The highest BCUT2D eigenvalue weighted by Gasteiger charge is 2.75. The molecule has 0 aromatic rings. The van der Waals surface area contributed by atoms with Gasteiger partial charge in [0.2, 0.25) is 6.10 Å². The number of ether oxygens (including phenoxy) is 2. The number of rotatable bonds is 10. The van der Waals surface area contributed by atoms with Crippen molar-refractivity contribution >= 4 is 27.9 Å². The molecule has 0 aliphatic carbocycles. The quantitative estimate of drug-likeness (QED) is 0.251. The van der Waals surface area contributed by atoms with E-state index in [1.165, 1.54) is 0 Å². The van der Waals surface area contributed by atoms with Gasteiger partial charge in [-0.25, -0.2) is 8.78 Å². The molecule has 0 aromatic carbocycles. The van der Waals surface area contributed by atoms with Crippen LogP contribution >= 0.6 is 15.9 Å². The Morgan fingerprint density at radius 3 is 1.71 bits per heavy atom. The maximum absolute atomic E-state index is 13.1. The van der Waals surface area contributed by atoms with Gasteiger partial charge in [-0.2, -0.15) is 39.5 Å². The molecule has 0 bridgehead atoms. The number of hydrogen-bond donors (Lipinski definition) is 0. The normalized spacial score (nSPS) is 14.8. The van der Waals surface area contributed by atoms with E-state index in [2.05, 4.69) is 25.4 Å². The lowest BCUT2D eigenvalue weighted by molar-refractivity contribution is -0.344. The molecule has 0 N–H and O–H groups in total. The van der Waals surface area contributed by atoms with Gasteiger partial charge in [0.25, 0.3) is 0 Å². The van der Waals surface area contributed by atoms with Crippen LogP contribution in [0.3, 0.4) is 0 Å². The molecule has 0 spiro atoms. The SMILES string of the molecule is O=C(CCC(=O)OC(CBr)C(F)(F)F)OCC(F)(F)C(F)(F)C(F)(F)C(F)F. The second-order valence-corrected chi connectivity index (χ2v) is 5.69. The Kier molecular flexibility index (Phi) is 8.98. The fourth-order valence-corrected chi connectivity index (χ4v) is 1.82. The first kappa shape index (κ1) is 26.6. The Balaban J connectivity index is 4.72. The van der Waals surface area contributed by atoms with Gasteiger partial charge in [-0.05, 0) is 0 Å². The fourth-order valence-electron chi connectivity index (χ4n) is 1.32. The Labute approximate surface area is 157 Å². The lowest BCUT2D eigenvalue weighted by Crippen LogP contribution is -2.59. The van der Waals surface area contributed by atoms with Crippen molar-refractivity contribution in [2.75, 3.05) is 11.9 Å². The average Bonchev–Trinajstić information content (AvgIpc) is 2.54.